The monoisotopic (exact) mass is 309 g/mol. The molecule has 0 aliphatic carbocycles. The van der Waals surface area contributed by atoms with Crippen LogP contribution in [0.15, 0.2) is 41.3 Å². The van der Waals surface area contributed by atoms with Crippen LogP contribution in [0.4, 0.5) is 0 Å². The highest BCUT2D eigenvalue weighted by atomic mass is 35.5. The summed E-state index contributed by atoms with van der Waals surface area (Å²) in [6.45, 7) is 0. The minimum atomic E-state index is 0.488. The number of ether oxygens (including phenoxy) is 1. The normalized spacial score (nSPS) is 10.0. The third-order valence-electron chi connectivity index (χ3n) is 2.38. The van der Waals surface area contributed by atoms with Gasteiger partial charge in [0.2, 0.25) is 0 Å². The summed E-state index contributed by atoms with van der Waals surface area (Å²) in [5.74, 6) is 1.000. The molecule has 2 aromatic rings. The third kappa shape index (κ3) is 3.36. The molecular formula is C14H9Cl2NOS. The number of hydrogen-bond donors (Lipinski definition) is 0. The minimum Gasteiger partial charge on any atom is -0.456 e. The summed E-state index contributed by atoms with van der Waals surface area (Å²) in [6, 6.07) is 12.5. The highest BCUT2D eigenvalue weighted by Gasteiger charge is 2.10. The van der Waals surface area contributed by atoms with Gasteiger partial charge in [-0.15, -0.1) is 11.8 Å². The Balaban J connectivity index is 2.41. The lowest BCUT2D eigenvalue weighted by molar-refractivity contribution is 0.479. The fourth-order valence-electron chi connectivity index (χ4n) is 1.59. The molecule has 0 fully saturated rings. The molecule has 0 radical (unpaired) electrons. The standard InChI is InChI=1S/C14H9Cl2NOS/c1-19-14-4-2-3-13(12(14)8-17)18-11-6-9(15)5-10(16)7-11/h2-7H,1H3. The smallest absolute Gasteiger partial charge is 0.146 e. The molecule has 2 rings (SSSR count). The number of halogens is 2. The van der Waals surface area contributed by atoms with Gasteiger partial charge in [-0.3, -0.25) is 0 Å². The van der Waals surface area contributed by atoms with Gasteiger partial charge in [0.15, 0.2) is 0 Å². The molecule has 96 valence electrons. The van der Waals surface area contributed by atoms with E-state index in [0.29, 0.717) is 27.1 Å². The summed E-state index contributed by atoms with van der Waals surface area (Å²) < 4.78 is 5.70. The van der Waals surface area contributed by atoms with E-state index in [2.05, 4.69) is 6.07 Å². The SMILES string of the molecule is CSc1cccc(Oc2cc(Cl)cc(Cl)c2)c1C#N. The molecule has 5 heteroatoms. The van der Waals surface area contributed by atoms with Crippen molar-refractivity contribution < 1.29 is 4.74 Å². The number of nitriles is 1. The summed E-state index contributed by atoms with van der Waals surface area (Å²) in [4.78, 5) is 0.869. The number of thioether (sulfide) groups is 1. The van der Waals surface area contributed by atoms with Gasteiger partial charge in [-0.1, -0.05) is 29.3 Å². The average Bonchev–Trinajstić information content (AvgIpc) is 2.37. The van der Waals surface area contributed by atoms with Crippen LogP contribution in [0.2, 0.25) is 10.0 Å². The van der Waals surface area contributed by atoms with Crippen LogP contribution < -0.4 is 4.74 Å². The summed E-state index contributed by atoms with van der Waals surface area (Å²) >= 11 is 13.3. The summed E-state index contributed by atoms with van der Waals surface area (Å²) in [5.41, 5.74) is 0.506. The van der Waals surface area contributed by atoms with E-state index in [1.165, 1.54) is 11.8 Å². The molecule has 0 saturated heterocycles. The minimum absolute atomic E-state index is 0.488. The number of nitrogens with zero attached hydrogens (tertiary/aromatic N) is 1. The van der Waals surface area contributed by atoms with Crippen molar-refractivity contribution in [2.75, 3.05) is 6.26 Å². The number of rotatable bonds is 3. The molecule has 0 unspecified atom stereocenters. The van der Waals surface area contributed by atoms with Crippen LogP contribution in [0.5, 0.6) is 11.5 Å². The first-order chi connectivity index (χ1) is 9.13. The van der Waals surface area contributed by atoms with Crippen LogP contribution in [0.3, 0.4) is 0 Å². The lowest BCUT2D eigenvalue weighted by atomic mass is 10.2. The van der Waals surface area contributed by atoms with Crippen LogP contribution in [-0.2, 0) is 0 Å². The van der Waals surface area contributed by atoms with Crippen molar-refractivity contribution in [2.24, 2.45) is 0 Å². The largest absolute Gasteiger partial charge is 0.456 e. The molecule has 0 bridgehead atoms. The van der Waals surface area contributed by atoms with Crippen LogP contribution >= 0.6 is 35.0 Å². The fourth-order valence-corrected chi connectivity index (χ4v) is 2.66. The van der Waals surface area contributed by atoms with Crippen molar-refractivity contribution in [1.82, 2.24) is 0 Å². The Morgan fingerprint density at radius 1 is 1.16 bits per heavy atom. The highest BCUT2D eigenvalue weighted by molar-refractivity contribution is 7.98. The first-order valence-corrected chi connectivity index (χ1v) is 7.33. The second kappa shape index (κ2) is 6.21. The van der Waals surface area contributed by atoms with Crippen LogP contribution in [0, 0.1) is 11.3 Å². The van der Waals surface area contributed by atoms with Gasteiger partial charge in [-0.05, 0) is 36.6 Å². The lowest BCUT2D eigenvalue weighted by Gasteiger charge is -2.10. The van der Waals surface area contributed by atoms with Gasteiger partial charge in [0.25, 0.3) is 0 Å². The Hall–Kier alpha value is -1.34. The molecule has 0 spiro atoms. The average molecular weight is 310 g/mol. The Kier molecular flexibility index (Phi) is 4.60. The van der Waals surface area contributed by atoms with E-state index in [-0.39, 0.29) is 0 Å². The predicted octanol–water partition coefficient (Wildman–Crippen LogP) is 5.38. The second-order valence-corrected chi connectivity index (χ2v) is 5.37. The Morgan fingerprint density at radius 3 is 2.42 bits per heavy atom. The first kappa shape index (κ1) is 14.1. The van der Waals surface area contributed by atoms with Crippen molar-refractivity contribution in [2.45, 2.75) is 4.90 Å². The fraction of sp³-hybridized carbons (Fsp3) is 0.0714. The molecule has 0 N–H and O–H groups in total. The van der Waals surface area contributed by atoms with Gasteiger partial charge in [0.05, 0.1) is 0 Å². The molecule has 2 aromatic carbocycles. The van der Waals surface area contributed by atoms with Crippen LogP contribution in [0.1, 0.15) is 5.56 Å². The zero-order valence-electron chi connectivity index (χ0n) is 9.98. The Bertz CT molecular complexity index is 632. The maximum atomic E-state index is 9.22. The van der Waals surface area contributed by atoms with E-state index < -0.39 is 0 Å². The molecule has 19 heavy (non-hydrogen) atoms. The highest BCUT2D eigenvalue weighted by Crippen LogP contribution is 2.33. The van der Waals surface area contributed by atoms with Crippen LogP contribution in [0.25, 0.3) is 0 Å². The Labute approximate surface area is 125 Å². The van der Waals surface area contributed by atoms with Crippen molar-refractivity contribution in [1.29, 1.82) is 5.26 Å². The summed E-state index contributed by atoms with van der Waals surface area (Å²) in [5, 5.41) is 10.2. The van der Waals surface area contributed by atoms with Crippen molar-refractivity contribution in [3.05, 3.63) is 52.0 Å². The second-order valence-electron chi connectivity index (χ2n) is 3.65. The van der Waals surface area contributed by atoms with Gasteiger partial charge in [-0.25, -0.2) is 0 Å². The maximum absolute atomic E-state index is 9.22. The molecular weight excluding hydrogens is 301 g/mol. The molecule has 0 amide bonds. The van der Waals surface area contributed by atoms with E-state index in [1.54, 1.807) is 24.3 Å². The maximum Gasteiger partial charge on any atom is 0.146 e. The van der Waals surface area contributed by atoms with Crippen molar-refractivity contribution in [3.63, 3.8) is 0 Å². The molecule has 0 aliphatic rings. The van der Waals surface area contributed by atoms with E-state index in [0.717, 1.165) is 4.90 Å². The van der Waals surface area contributed by atoms with Crippen molar-refractivity contribution in [3.8, 4) is 17.6 Å². The lowest BCUT2D eigenvalue weighted by Crippen LogP contribution is -1.90. The Morgan fingerprint density at radius 2 is 1.84 bits per heavy atom. The van der Waals surface area contributed by atoms with Crippen LogP contribution in [-0.4, -0.2) is 6.26 Å². The molecule has 0 saturated carbocycles. The first-order valence-electron chi connectivity index (χ1n) is 5.35. The molecule has 0 heterocycles. The van der Waals surface area contributed by atoms with E-state index in [1.807, 2.05) is 18.4 Å². The molecule has 2 nitrogen and oxygen atoms in total. The molecule has 0 atom stereocenters. The zero-order valence-corrected chi connectivity index (χ0v) is 12.3. The predicted molar refractivity (Wildman–Crippen MR) is 79.5 cm³/mol. The molecule has 0 aliphatic heterocycles. The zero-order chi connectivity index (χ0) is 13.8. The van der Waals surface area contributed by atoms with Gasteiger partial charge < -0.3 is 4.74 Å². The van der Waals surface area contributed by atoms with Gasteiger partial charge in [-0.2, -0.15) is 5.26 Å². The van der Waals surface area contributed by atoms with Gasteiger partial charge >= 0.3 is 0 Å². The third-order valence-corrected chi connectivity index (χ3v) is 3.60. The van der Waals surface area contributed by atoms with Gasteiger partial charge in [0, 0.05) is 14.9 Å². The quantitative estimate of drug-likeness (QED) is 0.714. The summed E-state index contributed by atoms with van der Waals surface area (Å²) in [6.07, 6.45) is 1.91. The van der Waals surface area contributed by atoms with E-state index in [4.69, 9.17) is 27.9 Å². The van der Waals surface area contributed by atoms with Crippen molar-refractivity contribution >= 4 is 35.0 Å². The van der Waals surface area contributed by atoms with E-state index in [9.17, 15) is 5.26 Å². The van der Waals surface area contributed by atoms with E-state index >= 15 is 0 Å². The molecule has 0 aromatic heterocycles. The summed E-state index contributed by atoms with van der Waals surface area (Å²) in [7, 11) is 0. The topological polar surface area (TPSA) is 33.0 Å². The van der Waals surface area contributed by atoms with Gasteiger partial charge in [0.1, 0.15) is 23.1 Å². The number of benzene rings is 2. The number of hydrogen-bond acceptors (Lipinski definition) is 3.